The molecule has 0 amide bonds. The Balaban J connectivity index is 0.000000573. The predicted octanol–water partition coefficient (Wildman–Crippen LogP) is 27.2. The highest BCUT2D eigenvalue weighted by molar-refractivity contribution is 7.21. The summed E-state index contributed by atoms with van der Waals surface area (Å²) in [4.78, 5) is 171. The summed E-state index contributed by atoms with van der Waals surface area (Å²) in [5, 5.41) is 25.7. The molecule has 0 atom stereocenters. The standard InChI is InChI=1S/C19H28O4SSi2.C14H24O5SSi2.C12H20O6SSi2.C12H20O5Si2.3C12H20O4SSi2/c1-13-8-10-16-15(12-13)14(9-11-17(20)22-25(2,3)4)18(24-16)19(21)23-26(5,6)7;1-8-17-10-9-11(13(15)18-21(2,3)4)20-12(10)14(16)19-22(5,6)7;1-20(2,3)17-11(15)9-7(13)8(14)10(19-9)12(16)18-21(4,5)6;1-18(2,3)16-11(13)9-7-8-10(15-9)12(14)17-19(4,5)6;1-18(2,3)15-11(13)9-7-17-8-10(9)12(14)16-19(4,5)6;1-18(2,3)15-11(13)9-7-8-17-10(9)12(14)16-19(4,5)6;1-18(2,3)15-11(13)9-7-8-10(17-9)12(14)16-19(4,5)6/h8,10,12H,9,11H2,1-7H3;9H,8H2,1-7H3;13-14H,1-6H3;4*7-8H,1-6H3. The van der Waals surface area contributed by atoms with Gasteiger partial charge >= 0.3 is 77.6 Å². The van der Waals surface area contributed by atoms with Crippen molar-refractivity contribution in [2.24, 2.45) is 0 Å². The maximum absolute atomic E-state index is 12.7. The van der Waals surface area contributed by atoms with Crippen LogP contribution in [0.4, 0.5) is 0 Å². The number of fused-ring (bicyclic) bond motifs is 1. The summed E-state index contributed by atoms with van der Waals surface area (Å²) in [6.07, 6.45) is 0.764. The topological polar surface area (TPSA) is 431 Å². The first-order chi connectivity index (χ1) is 65.0. The van der Waals surface area contributed by atoms with Crippen LogP contribution in [0.1, 0.15) is 154 Å². The molecule has 0 unspecified atom stereocenters. The molecule has 0 aliphatic carbocycles. The van der Waals surface area contributed by atoms with Crippen LogP contribution in [0.5, 0.6) is 17.2 Å². The Labute approximate surface area is 893 Å². The number of carbonyl (C=O) groups is 14. The normalized spacial score (nSPS) is 12.1. The molecule has 0 aliphatic rings. The third kappa shape index (κ3) is 53.8. The van der Waals surface area contributed by atoms with Crippen molar-refractivity contribution in [1.29, 1.82) is 0 Å². The van der Waals surface area contributed by atoms with E-state index in [9.17, 15) is 77.3 Å². The molecule has 1 aromatic carbocycles. The average Bonchev–Trinajstić information content (AvgIpc) is 1.54. The quantitative estimate of drug-likeness (QED) is 0.0370. The summed E-state index contributed by atoms with van der Waals surface area (Å²) in [5.41, 5.74) is 2.98. The number of furan rings is 1. The molecule has 7 aromatic heterocycles. The number of carbonyl (C=O) groups excluding carboxylic acids is 14. The molecular weight excluding hydrogens is 2210 g/mol. The molecule has 52 heteroatoms. The summed E-state index contributed by atoms with van der Waals surface area (Å²) in [6.45, 7) is 84.9. The van der Waals surface area contributed by atoms with Crippen molar-refractivity contribution in [1.82, 2.24) is 0 Å². The van der Waals surface area contributed by atoms with E-state index in [1.165, 1.54) is 46.1 Å². The van der Waals surface area contributed by atoms with Crippen molar-refractivity contribution in [2.45, 2.75) is 302 Å². The van der Waals surface area contributed by atoms with E-state index in [2.05, 4.69) is 6.07 Å². The molecule has 7 heterocycles. The maximum atomic E-state index is 12.7. The van der Waals surface area contributed by atoms with Gasteiger partial charge in [-0.1, -0.05) is 17.7 Å². The number of thiophene rings is 6. The van der Waals surface area contributed by atoms with Gasteiger partial charge in [-0.2, -0.15) is 11.3 Å². The molecule has 8 aromatic rings. The van der Waals surface area contributed by atoms with Crippen molar-refractivity contribution >= 4 is 278 Å². The summed E-state index contributed by atoms with van der Waals surface area (Å²) >= 11 is 6.84. The summed E-state index contributed by atoms with van der Waals surface area (Å²) in [5.74, 6) is -7.06. The van der Waals surface area contributed by atoms with Gasteiger partial charge in [0.05, 0.1) is 23.3 Å². The molecular formula is C93H152O32S6Si14. The van der Waals surface area contributed by atoms with Gasteiger partial charge in [-0.25, -0.2) is 62.3 Å². The molecule has 2 N–H and O–H groups in total. The van der Waals surface area contributed by atoms with Gasteiger partial charge in [0.1, 0.15) is 30.1 Å². The van der Waals surface area contributed by atoms with Crippen LogP contribution in [-0.2, 0) is 73.2 Å². The van der Waals surface area contributed by atoms with Crippen LogP contribution in [0.15, 0.2) is 75.2 Å². The first kappa shape index (κ1) is 133. The minimum atomic E-state index is -2.14. The van der Waals surface area contributed by atoms with Crippen LogP contribution in [0, 0.1) is 6.92 Å². The molecule has 0 bridgehead atoms. The third-order valence-electron chi connectivity index (χ3n) is 15.1. The molecule has 0 saturated heterocycles. The van der Waals surface area contributed by atoms with Crippen LogP contribution < -0.4 is 4.74 Å². The lowest BCUT2D eigenvalue weighted by molar-refractivity contribution is -0.135. The van der Waals surface area contributed by atoms with Crippen LogP contribution in [0.3, 0.4) is 0 Å². The largest absolute Gasteiger partial charge is 0.520 e. The van der Waals surface area contributed by atoms with Gasteiger partial charge in [-0.15, -0.1) is 56.7 Å². The first-order valence-electron chi connectivity index (χ1n) is 46.5. The van der Waals surface area contributed by atoms with Crippen LogP contribution in [-0.4, -0.2) is 217 Å². The molecule has 8 rings (SSSR count). The smallest absolute Gasteiger partial charge is 0.360 e. The number of aryl methyl sites for hydroxylation is 2. The zero-order valence-electron chi connectivity index (χ0n) is 92.6. The molecule has 0 radical (unpaired) electrons. The van der Waals surface area contributed by atoms with Crippen molar-refractivity contribution in [3.8, 4) is 17.2 Å². The Kier molecular flexibility index (Phi) is 49.2. The van der Waals surface area contributed by atoms with Crippen molar-refractivity contribution in [3.63, 3.8) is 0 Å². The second kappa shape index (κ2) is 53.6. The Hall–Kier alpha value is -8.02. The van der Waals surface area contributed by atoms with E-state index in [-0.39, 0.29) is 51.6 Å². The minimum Gasteiger partial charge on any atom is -0.520 e. The highest BCUT2D eigenvalue weighted by Crippen LogP contribution is 2.43. The van der Waals surface area contributed by atoms with E-state index in [0.29, 0.717) is 76.1 Å². The molecule has 0 saturated carbocycles. The Morgan fingerprint density at radius 2 is 0.586 bits per heavy atom. The molecule has 145 heavy (non-hydrogen) atoms. The van der Waals surface area contributed by atoms with E-state index in [0.717, 1.165) is 43.9 Å². The molecule has 808 valence electrons. The van der Waals surface area contributed by atoms with Gasteiger partial charge < -0.3 is 81.3 Å². The predicted molar refractivity (Wildman–Crippen MR) is 613 cm³/mol. The average molecular weight is 2370 g/mol. The van der Waals surface area contributed by atoms with E-state index in [1.807, 2.05) is 301 Å². The SMILES string of the molecule is CCOc1cc(C(=O)O[Si](C)(C)C)sc1C(=O)O[Si](C)(C)C.C[Si](C)(C)OC(=O)c1ccc(C(=O)O[Si](C)(C)C)o1.C[Si](C)(C)OC(=O)c1ccc(C(=O)O[Si](C)(C)C)s1.C[Si](C)(C)OC(=O)c1ccsc1C(=O)O[Si](C)(C)C.C[Si](C)(C)OC(=O)c1cscc1C(=O)O[Si](C)(C)C.C[Si](C)(C)OC(=O)c1sc(C(=O)O[Si](C)(C)C)c(O)c1O.Cc1ccc2sc(C(=O)O[Si](C)(C)C)c(CCC(=O)O[Si](C)(C)C)c2c1. The zero-order valence-corrected chi connectivity index (χ0v) is 112. The van der Waals surface area contributed by atoms with Crippen molar-refractivity contribution in [3.05, 3.63) is 149 Å². The number of rotatable bonds is 32. The van der Waals surface area contributed by atoms with Crippen molar-refractivity contribution < 1.29 is 148 Å². The second-order valence-corrected chi connectivity index (χ2v) is 114. The Bertz CT molecular complexity index is 5440. The summed E-state index contributed by atoms with van der Waals surface area (Å²) in [6, 6.07) is 15.4. The summed E-state index contributed by atoms with van der Waals surface area (Å²) < 4.78 is 87.4. The van der Waals surface area contributed by atoms with E-state index >= 15 is 0 Å². The van der Waals surface area contributed by atoms with Crippen LogP contribution in [0.25, 0.3) is 10.1 Å². The molecule has 0 fully saturated rings. The first-order valence-corrected chi connectivity index (χ1v) is 99.3. The zero-order chi connectivity index (χ0) is 113. The van der Waals surface area contributed by atoms with E-state index in [1.54, 1.807) is 40.4 Å². The highest BCUT2D eigenvalue weighted by Gasteiger charge is 2.39. The highest BCUT2D eigenvalue weighted by atomic mass is 32.1. The fourth-order valence-corrected chi connectivity index (χ4v) is 25.6. The Morgan fingerprint density at radius 3 is 0.924 bits per heavy atom. The lowest BCUT2D eigenvalue weighted by atomic mass is 10.0. The Morgan fingerprint density at radius 1 is 0.290 bits per heavy atom. The van der Waals surface area contributed by atoms with Crippen LogP contribution >= 0.6 is 68.0 Å². The number of hydrogen-bond donors (Lipinski definition) is 2. The number of ether oxygens (including phenoxy) is 1. The van der Waals surface area contributed by atoms with Gasteiger partial charge in [0.15, 0.2) is 26.1 Å². The number of aromatic hydroxyl groups is 2. The van der Waals surface area contributed by atoms with Gasteiger partial charge in [0.25, 0.3) is 5.97 Å². The number of benzene rings is 1. The van der Waals surface area contributed by atoms with Gasteiger partial charge in [-0.05, 0) is 348 Å². The maximum Gasteiger partial charge on any atom is 0.360 e. The fraction of sp³-hybridized carbons (Fsp3) is 0.505. The van der Waals surface area contributed by atoms with Crippen LogP contribution in [0.2, 0.25) is 275 Å². The second-order valence-electron chi connectivity index (χ2n) is 46.4. The monoisotopic (exact) mass is 2360 g/mol. The summed E-state index contributed by atoms with van der Waals surface area (Å²) in [7, 11) is -27.8. The van der Waals surface area contributed by atoms with E-state index < -0.39 is 188 Å². The van der Waals surface area contributed by atoms with E-state index in [4.69, 9.17) is 71.1 Å². The lowest BCUT2D eigenvalue weighted by Gasteiger charge is -2.19. The van der Waals surface area contributed by atoms with Gasteiger partial charge in [-0.3, -0.25) is 4.79 Å². The minimum absolute atomic E-state index is 0.0324. The molecule has 0 spiro atoms. The number of hydrogen-bond acceptors (Lipinski definition) is 38. The van der Waals surface area contributed by atoms with Crippen molar-refractivity contribution in [2.75, 3.05) is 6.61 Å². The molecule has 32 nitrogen and oxygen atoms in total. The van der Waals surface area contributed by atoms with Gasteiger partial charge in [0, 0.05) is 27.9 Å². The van der Waals surface area contributed by atoms with Gasteiger partial charge in [0.2, 0.25) is 128 Å². The third-order valence-corrected chi connectivity index (χ3v) is 32.4. The molecule has 0 aliphatic heterocycles. The lowest BCUT2D eigenvalue weighted by Crippen LogP contribution is -2.31. The fourth-order valence-electron chi connectivity index (χ4n) is 10.5.